The van der Waals surface area contributed by atoms with Gasteiger partial charge in [-0.2, -0.15) is 0 Å². The Kier molecular flexibility index (Phi) is 5.80. The molecule has 1 N–H and O–H groups in total. The molecule has 0 atom stereocenters. The Hall–Kier alpha value is -3.00. The highest BCUT2D eigenvalue weighted by atomic mass is 16.4. The van der Waals surface area contributed by atoms with Gasteiger partial charge in [-0.1, -0.05) is 36.8 Å². The maximum atomic E-state index is 13.7. The highest BCUT2D eigenvalue weighted by Gasteiger charge is 2.55. The van der Waals surface area contributed by atoms with Crippen molar-refractivity contribution < 1.29 is 14.7 Å². The summed E-state index contributed by atoms with van der Waals surface area (Å²) in [6.07, 6.45) is 9.89. The number of aromatic carboxylic acids is 1. The largest absolute Gasteiger partial charge is 0.478 e. The number of carbonyl (C=O) groups is 2. The number of hydrogen-bond acceptors (Lipinski definition) is 5. The Bertz CT molecular complexity index is 1040. The second-order valence-electron chi connectivity index (χ2n) is 10.4. The summed E-state index contributed by atoms with van der Waals surface area (Å²) >= 11 is 0. The van der Waals surface area contributed by atoms with E-state index in [4.69, 9.17) is 0 Å². The van der Waals surface area contributed by atoms with Crippen molar-refractivity contribution in [3.63, 3.8) is 0 Å². The quantitative estimate of drug-likeness (QED) is 0.697. The van der Waals surface area contributed by atoms with Gasteiger partial charge in [-0.25, -0.2) is 19.6 Å². The minimum absolute atomic E-state index is 0.0210. The van der Waals surface area contributed by atoms with E-state index in [1.807, 2.05) is 0 Å². The van der Waals surface area contributed by atoms with Crippen molar-refractivity contribution in [2.75, 3.05) is 32.1 Å². The standard InChI is InChI=1S/C26H33N5O3/c1-29(2)26(21-9-4-3-5-10-21)13-11-25(12-14-26)18-30(23-27-15-20(16-28-23)22(32)33)24(34)31(25)17-19-7-6-8-19/h3-5,9-10,15-16,19H,6-8,11-14,17-18H2,1-2H3,(H,32,33). The molecule has 2 amide bonds. The van der Waals surface area contributed by atoms with Gasteiger partial charge in [0.15, 0.2) is 0 Å². The summed E-state index contributed by atoms with van der Waals surface area (Å²) in [6, 6.07) is 10.6. The minimum Gasteiger partial charge on any atom is -0.478 e. The molecule has 5 rings (SSSR count). The van der Waals surface area contributed by atoms with Crippen molar-refractivity contribution in [1.82, 2.24) is 19.8 Å². The highest BCUT2D eigenvalue weighted by Crippen LogP contribution is 2.49. The number of urea groups is 1. The van der Waals surface area contributed by atoms with Crippen LogP contribution in [0.2, 0.25) is 0 Å². The summed E-state index contributed by atoms with van der Waals surface area (Å²) in [5.41, 5.74) is 1.04. The molecule has 3 aliphatic rings. The molecule has 1 aromatic carbocycles. The summed E-state index contributed by atoms with van der Waals surface area (Å²) in [4.78, 5) is 39.5. The Morgan fingerprint density at radius 2 is 1.74 bits per heavy atom. The first-order valence-electron chi connectivity index (χ1n) is 12.2. The zero-order valence-electron chi connectivity index (χ0n) is 20.0. The Morgan fingerprint density at radius 1 is 1.09 bits per heavy atom. The van der Waals surface area contributed by atoms with Gasteiger partial charge >= 0.3 is 12.0 Å². The van der Waals surface area contributed by atoms with Gasteiger partial charge in [-0.15, -0.1) is 0 Å². The molecule has 8 nitrogen and oxygen atoms in total. The number of nitrogens with zero attached hydrogens (tertiary/aromatic N) is 5. The number of aromatic nitrogens is 2. The topological polar surface area (TPSA) is 89.9 Å². The summed E-state index contributed by atoms with van der Waals surface area (Å²) < 4.78 is 0. The van der Waals surface area contributed by atoms with Crippen LogP contribution in [0, 0.1) is 5.92 Å². The maximum absolute atomic E-state index is 13.7. The number of amides is 2. The van der Waals surface area contributed by atoms with Gasteiger partial charge in [-0.3, -0.25) is 9.80 Å². The zero-order valence-corrected chi connectivity index (χ0v) is 20.0. The molecule has 2 saturated carbocycles. The van der Waals surface area contributed by atoms with Gasteiger partial charge in [0, 0.05) is 24.5 Å². The molecule has 2 aliphatic carbocycles. The van der Waals surface area contributed by atoms with Gasteiger partial charge in [0.25, 0.3) is 0 Å². The van der Waals surface area contributed by atoms with Crippen LogP contribution in [0.3, 0.4) is 0 Å². The van der Waals surface area contributed by atoms with Crippen LogP contribution in [-0.2, 0) is 5.54 Å². The van der Waals surface area contributed by atoms with E-state index in [2.05, 4.69) is 64.2 Å². The first kappa shape index (κ1) is 22.8. The number of rotatable bonds is 6. The molecule has 0 unspecified atom stereocenters. The van der Waals surface area contributed by atoms with Gasteiger partial charge in [0.1, 0.15) is 0 Å². The maximum Gasteiger partial charge on any atom is 0.338 e. The number of carboxylic acid groups (broad SMARTS) is 1. The fourth-order valence-electron chi connectivity index (χ4n) is 6.03. The van der Waals surface area contributed by atoms with Crippen LogP contribution in [-0.4, -0.2) is 69.6 Å². The van der Waals surface area contributed by atoms with E-state index in [9.17, 15) is 14.7 Å². The molecule has 180 valence electrons. The van der Waals surface area contributed by atoms with Crippen LogP contribution in [0.1, 0.15) is 60.9 Å². The Morgan fingerprint density at radius 3 is 2.26 bits per heavy atom. The Labute approximate surface area is 200 Å². The van der Waals surface area contributed by atoms with E-state index >= 15 is 0 Å². The van der Waals surface area contributed by atoms with Gasteiger partial charge in [-0.05, 0) is 64.1 Å². The van der Waals surface area contributed by atoms with Crippen molar-refractivity contribution in [2.24, 2.45) is 5.92 Å². The second kappa shape index (κ2) is 8.65. The average Bonchev–Trinajstić information content (AvgIpc) is 3.08. The summed E-state index contributed by atoms with van der Waals surface area (Å²) in [5, 5.41) is 9.18. The van der Waals surface area contributed by atoms with Crippen LogP contribution < -0.4 is 4.90 Å². The smallest absolute Gasteiger partial charge is 0.338 e. The van der Waals surface area contributed by atoms with Gasteiger partial charge < -0.3 is 10.0 Å². The molecule has 0 radical (unpaired) electrons. The van der Waals surface area contributed by atoms with Crippen molar-refractivity contribution >= 4 is 17.9 Å². The highest BCUT2D eigenvalue weighted by molar-refractivity contribution is 5.94. The van der Waals surface area contributed by atoms with Crippen molar-refractivity contribution in [3.05, 3.63) is 53.9 Å². The van der Waals surface area contributed by atoms with E-state index in [0.717, 1.165) is 32.2 Å². The molecule has 2 aromatic rings. The lowest BCUT2D eigenvalue weighted by molar-refractivity contribution is 0.0172. The van der Waals surface area contributed by atoms with Crippen LogP contribution in [0.5, 0.6) is 0 Å². The molecule has 1 aliphatic heterocycles. The molecule has 1 aromatic heterocycles. The van der Waals surface area contributed by atoms with E-state index < -0.39 is 5.97 Å². The molecule has 3 fully saturated rings. The molecule has 2 heterocycles. The minimum atomic E-state index is -1.07. The second-order valence-corrected chi connectivity index (χ2v) is 10.4. The third-order valence-corrected chi connectivity index (χ3v) is 8.45. The average molecular weight is 464 g/mol. The molecule has 0 bridgehead atoms. The molecular weight excluding hydrogens is 430 g/mol. The van der Waals surface area contributed by atoms with Crippen molar-refractivity contribution in [2.45, 2.75) is 56.0 Å². The number of benzene rings is 1. The SMILES string of the molecule is CN(C)C1(c2ccccc2)CCC2(CC1)CN(c1ncc(C(=O)O)cn1)C(=O)N2CC1CCC1. The van der Waals surface area contributed by atoms with Gasteiger partial charge in [0.05, 0.1) is 17.6 Å². The van der Waals surface area contributed by atoms with Crippen LogP contribution in [0.15, 0.2) is 42.7 Å². The molecule has 1 saturated heterocycles. The Balaban J connectivity index is 1.44. The number of hydrogen-bond donors (Lipinski definition) is 1. The first-order chi connectivity index (χ1) is 16.3. The first-order valence-corrected chi connectivity index (χ1v) is 12.2. The van der Waals surface area contributed by atoms with E-state index in [-0.39, 0.29) is 28.6 Å². The van der Waals surface area contributed by atoms with E-state index in [1.54, 1.807) is 4.90 Å². The normalized spacial score (nSPS) is 27.4. The van der Waals surface area contributed by atoms with Crippen molar-refractivity contribution in [3.8, 4) is 0 Å². The fourth-order valence-corrected chi connectivity index (χ4v) is 6.03. The van der Waals surface area contributed by atoms with E-state index in [1.165, 1.54) is 37.2 Å². The monoisotopic (exact) mass is 463 g/mol. The number of carbonyl (C=O) groups excluding carboxylic acids is 1. The molecular formula is C26H33N5O3. The lowest BCUT2D eigenvalue weighted by atomic mass is 9.68. The summed E-state index contributed by atoms with van der Waals surface area (Å²) in [6.45, 7) is 1.33. The van der Waals surface area contributed by atoms with Crippen LogP contribution in [0.25, 0.3) is 0 Å². The summed E-state index contributed by atoms with van der Waals surface area (Å²) in [7, 11) is 4.31. The number of anilines is 1. The third-order valence-electron chi connectivity index (χ3n) is 8.45. The molecule has 8 heteroatoms. The molecule has 34 heavy (non-hydrogen) atoms. The summed E-state index contributed by atoms with van der Waals surface area (Å²) in [5.74, 6) is -0.223. The predicted molar refractivity (Wildman–Crippen MR) is 129 cm³/mol. The van der Waals surface area contributed by atoms with Crippen LogP contribution in [0.4, 0.5) is 10.7 Å². The lowest BCUT2D eigenvalue weighted by Crippen LogP contribution is -2.56. The van der Waals surface area contributed by atoms with E-state index in [0.29, 0.717) is 12.5 Å². The third kappa shape index (κ3) is 3.74. The molecule has 1 spiro atoms. The fraction of sp³-hybridized carbons (Fsp3) is 0.538. The van der Waals surface area contributed by atoms with Crippen LogP contribution >= 0.6 is 0 Å². The number of carboxylic acids is 1. The zero-order chi connectivity index (χ0) is 23.9. The predicted octanol–water partition coefficient (Wildman–Crippen LogP) is 3.99. The lowest BCUT2D eigenvalue weighted by Gasteiger charge is -2.51. The van der Waals surface area contributed by atoms with Gasteiger partial charge in [0.2, 0.25) is 5.95 Å². The van der Waals surface area contributed by atoms with Crippen molar-refractivity contribution in [1.29, 1.82) is 0 Å².